The number of aromatic nitrogens is 1. The van der Waals surface area contributed by atoms with Crippen molar-refractivity contribution in [1.29, 1.82) is 0 Å². The van der Waals surface area contributed by atoms with Gasteiger partial charge in [0.25, 0.3) is 0 Å². The summed E-state index contributed by atoms with van der Waals surface area (Å²) in [7, 11) is 0. The molecule has 0 saturated heterocycles. The smallest absolute Gasteiger partial charge is 0.152 e. The molecule has 0 radical (unpaired) electrons. The van der Waals surface area contributed by atoms with E-state index in [1.165, 1.54) is 5.56 Å². The maximum Gasteiger partial charge on any atom is 0.152 e. The Hall–Kier alpha value is -2.78. The average Bonchev–Trinajstić information content (AvgIpc) is 2.70. The molecule has 0 bridgehead atoms. The van der Waals surface area contributed by atoms with E-state index in [4.69, 9.17) is 9.98 Å². The predicted octanol–water partition coefficient (Wildman–Crippen LogP) is 5.66. The number of hydrogen-bond donors (Lipinski definition) is 0. The fourth-order valence-corrected chi connectivity index (χ4v) is 3.42. The summed E-state index contributed by atoms with van der Waals surface area (Å²) in [4.78, 5) is 12.3. The molecule has 0 amide bonds. The molecule has 0 aliphatic carbocycles. The molecule has 28 heavy (non-hydrogen) atoms. The molecular weight excluding hydrogens is 342 g/mol. The van der Waals surface area contributed by atoms with Crippen molar-refractivity contribution in [3.8, 4) is 0 Å². The molecule has 0 saturated carbocycles. The van der Waals surface area contributed by atoms with Gasteiger partial charge in [-0.25, -0.2) is 9.98 Å². The highest BCUT2D eigenvalue weighted by Crippen LogP contribution is 2.26. The zero-order chi connectivity index (χ0) is 20.1. The normalized spacial score (nSPS) is 15.8. The Balaban J connectivity index is 1.99. The lowest BCUT2D eigenvalue weighted by molar-refractivity contribution is 0.120. The second kappa shape index (κ2) is 8.49. The molecule has 2 aromatic rings. The van der Waals surface area contributed by atoms with Gasteiger partial charge in [0.15, 0.2) is 5.82 Å². The van der Waals surface area contributed by atoms with E-state index in [1.807, 2.05) is 36.4 Å². The Morgan fingerprint density at radius 3 is 2.50 bits per heavy atom. The number of rotatable bonds is 5. The summed E-state index contributed by atoms with van der Waals surface area (Å²) < 4.78 is 0. The quantitative estimate of drug-likeness (QED) is 0.501. The molecule has 1 aromatic heterocycles. The van der Waals surface area contributed by atoms with Crippen LogP contribution in [0.1, 0.15) is 37.6 Å². The van der Waals surface area contributed by atoms with Crippen LogP contribution in [-0.2, 0) is 13.0 Å². The molecule has 2 heterocycles. The van der Waals surface area contributed by atoms with Crippen molar-refractivity contribution in [3.05, 3.63) is 96.2 Å². The third kappa shape index (κ3) is 4.55. The molecule has 3 heteroatoms. The van der Waals surface area contributed by atoms with Crippen LogP contribution in [0.15, 0.2) is 84.4 Å². The summed E-state index contributed by atoms with van der Waals surface area (Å²) in [6, 6.07) is 14.3. The van der Waals surface area contributed by atoms with Crippen LogP contribution >= 0.6 is 0 Å². The van der Waals surface area contributed by atoms with Crippen molar-refractivity contribution in [1.82, 2.24) is 9.88 Å². The molecule has 144 valence electrons. The third-order valence-corrected chi connectivity index (χ3v) is 5.05. The Labute approximate surface area is 168 Å². The topological polar surface area (TPSA) is 28.5 Å². The van der Waals surface area contributed by atoms with Crippen molar-refractivity contribution in [2.45, 2.75) is 39.3 Å². The molecule has 3 nitrogen and oxygen atoms in total. The second-order valence-electron chi connectivity index (χ2n) is 8.01. The largest absolute Gasteiger partial charge is 0.294 e. The Bertz CT molecular complexity index is 915. The minimum atomic E-state index is 0.170. The maximum absolute atomic E-state index is 4.90. The maximum atomic E-state index is 4.90. The van der Waals surface area contributed by atoms with Crippen LogP contribution in [0.25, 0.3) is 0 Å². The molecule has 0 spiro atoms. The van der Waals surface area contributed by atoms with E-state index < -0.39 is 0 Å². The lowest BCUT2D eigenvalue weighted by Crippen LogP contribution is -2.44. The third-order valence-electron chi connectivity index (χ3n) is 5.05. The van der Waals surface area contributed by atoms with E-state index >= 15 is 0 Å². The highest BCUT2D eigenvalue weighted by atomic mass is 15.2. The Kier molecular flexibility index (Phi) is 6.05. The van der Waals surface area contributed by atoms with Crippen LogP contribution in [0.2, 0.25) is 0 Å². The zero-order valence-electron chi connectivity index (χ0n) is 17.2. The highest BCUT2D eigenvalue weighted by molar-refractivity contribution is 6.15. The van der Waals surface area contributed by atoms with Crippen molar-refractivity contribution >= 4 is 11.5 Å². The lowest BCUT2D eigenvalue weighted by atomic mass is 9.98. The van der Waals surface area contributed by atoms with Gasteiger partial charge >= 0.3 is 0 Å². The van der Waals surface area contributed by atoms with Crippen LogP contribution < -0.4 is 0 Å². The number of nitrogens with zero attached hydrogens (tertiary/aromatic N) is 3. The Morgan fingerprint density at radius 1 is 1.11 bits per heavy atom. The summed E-state index contributed by atoms with van der Waals surface area (Å²) in [6.07, 6.45) is 6.45. The van der Waals surface area contributed by atoms with Crippen LogP contribution in [0.4, 0.5) is 5.82 Å². The summed E-state index contributed by atoms with van der Waals surface area (Å²) in [5.41, 5.74) is 5.45. The lowest BCUT2D eigenvalue weighted by Gasteiger charge is -2.38. The number of allylic oxidation sites excluding steroid dienone is 4. The van der Waals surface area contributed by atoms with E-state index in [0.29, 0.717) is 0 Å². The fraction of sp³-hybridized carbons (Fsp3) is 0.280. The van der Waals surface area contributed by atoms with Gasteiger partial charge in [-0.1, -0.05) is 67.8 Å². The van der Waals surface area contributed by atoms with Gasteiger partial charge < -0.3 is 0 Å². The first-order valence-corrected chi connectivity index (χ1v) is 9.76. The van der Waals surface area contributed by atoms with Gasteiger partial charge in [-0.05, 0) is 32.4 Å². The molecule has 3 rings (SSSR count). The SMILES string of the molecule is C=C/C=C(\C=C)C(=Nc1ccc2c(n1)CCN(C(C)(C)C)C2)c1ccccc1. The first kappa shape index (κ1) is 20.0. The summed E-state index contributed by atoms with van der Waals surface area (Å²) >= 11 is 0. The first-order chi connectivity index (χ1) is 13.4. The van der Waals surface area contributed by atoms with Gasteiger partial charge in [-0.2, -0.15) is 0 Å². The van der Waals surface area contributed by atoms with E-state index in [1.54, 1.807) is 6.08 Å². The van der Waals surface area contributed by atoms with Crippen molar-refractivity contribution < 1.29 is 0 Å². The van der Waals surface area contributed by atoms with Crippen molar-refractivity contribution in [3.63, 3.8) is 0 Å². The van der Waals surface area contributed by atoms with Gasteiger partial charge in [-0.3, -0.25) is 4.90 Å². The van der Waals surface area contributed by atoms with E-state index in [9.17, 15) is 0 Å². The standard InChI is InChI=1S/C25H29N3/c1-6-11-19(7-2)24(20-12-9-8-10-13-20)27-23-15-14-21-18-28(25(3,4)5)17-16-22(21)26-23/h6-15H,1-2,16-18H2,3-5H3/b19-11+,27-24?. The van der Waals surface area contributed by atoms with Crippen molar-refractivity contribution in [2.75, 3.05) is 6.54 Å². The average molecular weight is 372 g/mol. The van der Waals surface area contributed by atoms with Gasteiger partial charge in [0.05, 0.1) is 5.71 Å². The Morgan fingerprint density at radius 2 is 1.86 bits per heavy atom. The highest BCUT2D eigenvalue weighted by Gasteiger charge is 2.26. The first-order valence-electron chi connectivity index (χ1n) is 9.76. The van der Waals surface area contributed by atoms with Crippen LogP contribution in [0, 0.1) is 0 Å². The molecular formula is C25H29N3. The molecule has 0 unspecified atom stereocenters. The van der Waals surface area contributed by atoms with E-state index in [0.717, 1.165) is 47.9 Å². The van der Waals surface area contributed by atoms with E-state index in [-0.39, 0.29) is 5.54 Å². The van der Waals surface area contributed by atoms with E-state index in [2.05, 4.69) is 57.0 Å². The summed E-state index contributed by atoms with van der Waals surface area (Å²) in [5, 5.41) is 0. The number of pyridine rings is 1. The zero-order valence-corrected chi connectivity index (χ0v) is 17.2. The molecule has 0 N–H and O–H groups in total. The summed E-state index contributed by atoms with van der Waals surface area (Å²) in [5.74, 6) is 0.735. The number of hydrogen-bond acceptors (Lipinski definition) is 3. The number of aliphatic imine (C=N–C) groups is 1. The number of fused-ring (bicyclic) bond motifs is 1. The van der Waals surface area contributed by atoms with Gasteiger partial charge in [-0.15, -0.1) is 0 Å². The monoisotopic (exact) mass is 371 g/mol. The van der Waals surface area contributed by atoms with Crippen LogP contribution in [0.5, 0.6) is 0 Å². The van der Waals surface area contributed by atoms with Crippen LogP contribution in [-0.4, -0.2) is 27.7 Å². The molecule has 0 atom stereocenters. The summed E-state index contributed by atoms with van der Waals surface area (Å²) in [6.45, 7) is 16.5. The van der Waals surface area contributed by atoms with Crippen LogP contribution in [0.3, 0.4) is 0 Å². The second-order valence-corrected chi connectivity index (χ2v) is 8.01. The van der Waals surface area contributed by atoms with Crippen molar-refractivity contribution in [2.24, 2.45) is 4.99 Å². The minimum absolute atomic E-state index is 0.170. The minimum Gasteiger partial charge on any atom is -0.294 e. The van der Waals surface area contributed by atoms with Gasteiger partial charge in [0.1, 0.15) is 0 Å². The predicted molar refractivity (Wildman–Crippen MR) is 119 cm³/mol. The fourth-order valence-electron chi connectivity index (χ4n) is 3.42. The molecule has 1 aliphatic rings. The van der Waals surface area contributed by atoms with Gasteiger partial charge in [0, 0.05) is 41.9 Å². The van der Waals surface area contributed by atoms with Gasteiger partial charge in [0.2, 0.25) is 0 Å². The molecule has 1 aromatic carbocycles. The molecule has 1 aliphatic heterocycles. The number of benzene rings is 1. The molecule has 0 fully saturated rings.